The minimum atomic E-state index is 0.0706. The summed E-state index contributed by atoms with van der Waals surface area (Å²) in [5, 5.41) is 16.9. The van der Waals surface area contributed by atoms with Gasteiger partial charge in [-0.3, -0.25) is 0 Å². The van der Waals surface area contributed by atoms with Crippen LogP contribution in [0.4, 0.5) is 0 Å². The average molecular weight is 151 g/mol. The zero-order valence-electron chi connectivity index (χ0n) is 6.27. The van der Waals surface area contributed by atoms with E-state index in [1.165, 1.54) is 0 Å². The highest BCUT2D eigenvalue weighted by atomic mass is 16.3. The van der Waals surface area contributed by atoms with Crippen LogP contribution in [0.1, 0.15) is 12.8 Å². The number of diazo groups is 1. The van der Waals surface area contributed by atoms with Crippen molar-refractivity contribution in [3.05, 3.63) is 41.7 Å². The predicted octanol–water partition coefficient (Wildman–Crippen LogP) is 2.76. The third-order valence-electron chi connectivity index (χ3n) is 1.05. The predicted molar refractivity (Wildman–Crippen MR) is 44.4 cm³/mol. The molecule has 0 unspecified atom stereocenters. The van der Waals surface area contributed by atoms with Crippen LogP contribution in [0.3, 0.4) is 0 Å². The maximum atomic E-state index is 8.90. The Morgan fingerprint density at radius 2 is 2.36 bits per heavy atom. The highest BCUT2D eigenvalue weighted by molar-refractivity contribution is 5.01. The fraction of sp³-hybridized carbons (Fsp3) is 0.250. The van der Waals surface area contributed by atoms with Crippen LogP contribution in [-0.4, -0.2) is 5.11 Å². The largest absolute Gasteiger partial charge is 0.505 e. The molecule has 0 amide bonds. The van der Waals surface area contributed by atoms with Crippen LogP contribution < -0.4 is 0 Å². The van der Waals surface area contributed by atoms with E-state index in [2.05, 4.69) is 11.6 Å². The number of rotatable bonds is 4. The van der Waals surface area contributed by atoms with Crippen molar-refractivity contribution in [3.63, 3.8) is 0 Å². The fourth-order valence-corrected chi connectivity index (χ4v) is 0.555. The lowest BCUT2D eigenvalue weighted by atomic mass is 10.2. The Kier molecular flexibility index (Phi) is 5.63. The zero-order chi connectivity index (χ0) is 8.53. The van der Waals surface area contributed by atoms with Crippen LogP contribution in [0.5, 0.6) is 0 Å². The first-order valence-electron chi connectivity index (χ1n) is 3.31. The molecule has 0 bridgehead atoms. The Labute approximate surface area is 66.0 Å². The van der Waals surface area contributed by atoms with Crippen LogP contribution in [0, 0.1) is 5.39 Å². The molecular weight excluding hydrogens is 140 g/mol. The number of nitrogens with zero attached hydrogens (tertiary/aromatic N) is 2. The molecule has 0 aromatic heterocycles. The van der Waals surface area contributed by atoms with Gasteiger partial charge in [-0.2, -0.15) is 0 Å². The second-order valence-electron chi connectivity index (χ2n) is 1.94. The Morgan fingerprint density at radius 3 is 2.91 bits per heavy atom. The number of hydrogen-bond donors (Lipinski definition) is 1. The van der Waals surface area contributed by atoms with E-state index in [9.17, 15) is 0 Å². The second kappa shape index (κ2) is 6.56. The highest BCUT2D eigenvalue weighted by Crippen LogP contribution is 2.01. The van der Waals surface area contributed by atoms with Crippen molar-refractivity contribution in [3.8, 4) is 0 Å². The van der Waals surface area contributed by atoms with Crippen LogP contribution in [0.15, 0.2) is 36.8 Å². The summed E-state index contributed by atoms with van der Waals surface area (Å²) in [5.41, 5.74) is 0. The number of hydrogen-bond acceptors (Lipinski definition) is 2. The summed E-state index contributed by atoms with van der Waals surface area (Å²) in [7, 11) is 0. The van der Waals surface area contributed by atoms with Gasteiger partial charge in [0, 0.05) is 6.42 Å². The molecule has 0 saturated carbocycles. The molecule has 0 fully saturated rings. The van der Waals surface area contributed by atoms with Crippen LogP contribution in [-0.2, 0) is 0 Å². The third-order valence-corrected chi connectivity index (χ3v) is 1.05. The Balaban J connectivity index is 3.56. The van der Waals surface area contributed by atoms with E-state index in [0.29, 0.717) is 12.8 Å². The van der Waals surface area contributed by atoms with Crippen LogP contribution >= 0.6 is 0 Å². The molecule has 11 heavy (non-hydrogen) atoms. The molecule has 0 atom stereocenters. The average Bonchev–Trinajstić information content (AvgIpc) is 1.99. The van der Waals surface area contributed by atoms with E-state index in [-0.39, 0.29) is 5.76 Å². The van der Waals surface area contributed by atoms with Crippen molar-refractivity contribution in [2.75, 3.05) is 0 Å². The summed E-state index contributed by atoms with van der Waals surface area (Å²) in [4.78, 5) is 2.68. The molecule has 0 spiro atoms. The zero-order valence-corrected chi connectivity index (χ0v) is 6.27. The summed E-state index contributed by atoms with van der Waals surface area (Å²) in [5.74, 6) is 0.0706. The first-order chi connectivity index (χ1) is 5.31. The van der Waals surface area contributed by atoms with Gasteiger partial charge in [0.25, 0.3) is 0 Å². The van der Waals surface area contributed by atoms with E-state index < -0.39 is 0 Å². The lowest BCUT2D eigenvalue weighted by Gasteiger charge is -1.87. The van der Waals surface area contributed by atoms with Gasteiger partial charge in [-0.25, -0.2) is 0 Å². The first-order valence-corrected chi connectivity index (χ1v) is 3.31. The van der Waals surface area contributed by atoms with Crippen molar-refractivity contribution in [2.45, 2.75) is 12.8 Å². The van der Waals surface area contributed by atoms with E-state index in [0.717, 1.165) is 6.20 Å². The highest BCUT2D eigenvalue weighted by Gasteiger charge is 1.95. The lowest BCUT2D eigenvalue weighted by Crippen LogP contribution is -1.77. The number of aliphatic hydroxyl groups excluding tert-OH is 1. The molecule has 0 saturated heterocycles. The molecule has 1 N–H and O–H groups in total. The third kappa shape index (κ3) is 6.32. The molecule has 0 heterocycles. The van der Waals surface area contributed by atoms with E-state index in [4.69, 9.17) is 10.5 Å². The molecule has 3 nitrogen and oxygen atoms in total. The molecule has 58 valence electrons. The lowest BCUT2D eigenvalue weighted by molar-refractivity contribution is 0.389. The van der Waals surface area contributed by atoms with Crippen LogP contribution in [0.25, 0.3) is 4.98 Å². The quantitative estimate of drug-likeness (QED) is 0.381. The standard InChI is InChI=1S/C8H10N2O/c1-2-3-4-5-6-8(11)7-10-9/h2-4,7H,1,5-6H2/p+1. The van der Waals surface area contributed by atoms with Crippen molar-refractivity contribution >= 4 is 0 Å². The molecule has 0 aromatic rings. The molecule has 0 aliphatic heterocycles. The van der Waals surface area contributed by atoms with Crippen molar-refractivity contribution in [2.24, 2.45) is 0 Å². The minimum absolute atomic E-state index is 0.0706. The Morgan fingerprint density at radius 1 is 1.64 bits per heavy atom. The minimum Gasteiger partial charge on any atom is -0.505 e. The summed E-state index contributed by atoms with van der Waals surface area (Å²) in [6.07, 6.45) is 7.54. The van der Waals surface area contributed by atoms with Gasteiger partial charge < -0.3 is 5.11 Å². The Bertz CT molecular complexity index is 211. The van der Waals surface area contributed by atoms with E-state index >= 15 is 0 Å². The second-order valence-corrected chi connectivity index (χ2v) is 1.94. The van der Waals surface area contributed by atoms with Gasteiger partial charge in [-0.1, -0.05) is 24.8 Å². The van der Waals surface area contributed by atoms with Gasteiger partial charge in [0.1, 0.15) is 0 Å². The summed E-state index contributed by atoms with van der Waals surface area (Å²) < 4.78 is 0. The molecular formula is C8H11N2O+. The topological polar surface area (TPSA) is 48.4 Å². The smallest absolute Gasteiger partial charge is 0.387 e. The van der Waals surface area contributed by atoms with Crippen molar-refractivity contribution < 1.29 is 5.11 Å². The Hall–Kier alpha value is -1.56. The summed E-state index contributed by atoms with van der Waals surface area (Å²) in [6.45, 7) is 3.49. The van der Waals surface area contributed by atoms with Gasteiger partial charge in [0.15, 0.2) is 10.7 Å². The van der Waals surface area contributed by atoms with Gasteiger partial charge >= 0.3 is 6.20 Å². The maximum absolute atomic E-state index is 8.90. The van der Waals surface area contributed by atoms with E-state index in [1.807, 2.05) is 6.08 Å². The first kappa shape index (κ1) is 9.44. The number of allylic oxidation sites excluding steroid dienone is 4. The summed E-state index contributed by atoms with van der Waals surface area (Å²) in [6, 6.07) is 0. The van der Waals surface area contributed by atoms with Gasteiger partial charge in [0.05, 0.1) is 0 Å². The van der Waals surface area contributed by atoms with Crippen molar-refractivity contribution in [1.29, 1.82) is 5.39 Å². The van der Waals surface area contributed by atoms with Crippen molar-refractivity contribution in [1.82, 2.24) is 0 Å². The summed E-state index contributed by atoms with van der Waals surface area (Å²) >= 11 is 0. The SMILES string of the molecule is C=CC=CCCC(O)=C[N+]#N. The molecule has 0 rings (SSSR count). The molecule has 3 heteroatoms. The molecule has 0 radical (unpaired) electrons. The molecule has 0 aromatic carbocycles. The number of aliphatic hydroxyl groups is 1. The van der Waals surface area contributed by atoms with E-state index in [1.54, 1.807) is 12.2 Å². The van der Waals surface area contributed by atoms with Gasteiger partial charge in [-0.05, 0) is 6.42 Å². The monoisotopic (exact) mass is 151 g/mol. The van der Waals surface area contributed by atoms with Crippen LogP contribution in [0.2, 0.25) is 0 Å². The normalized spacial score (nSPS) is 11.4. The fourth-order valence-electron chi connectivity index (χ4n) is 0.555. The van der Waals surface area contributed by atoms with Gasteiger partial charge in [0.2, 0.25) is 5.39 Å². The maximum Gasteiger partial charge on any atom is 0.387 e. The molecule has 0 aliphatic rings. The van der Waals surface area contributed by atoms with Gasteiger partial charge in [-0.15, -0.1) is 0 Å². The molecule has 0 aliphatic carbocycles.